The fraction of sp³-hybridized carbons (Fsp3) is 0.250. The maximum atomic E-state index is 11.3. The van der Waals surface area contributed by atoms with Gasteiger partial charge in [0.05, 0.1) is 18.9 Å². The van der Waals surface area contributed by atoms with Gasteiger partial charge in [0, 0.05) is 50.2 Å². The van der Waals surface area contributed by atoms with Gasteiger partial charge in [0.25, 0.3) is 0 Å². The number of anilines is 5. The lowest BCUT2D eigenvalue weighted by Gasteiger charge is -2.37. The van der Waals surface area contributed by atoms with Crippen molar-refractivity contribution in [2.45, 2.75) is 13.5 Å². The van der Waals surface area contributed by atoms with Crippen molar-refractivity contribution in [3.8, 4) is 0 Å². The summed E-state index contributed by atoms with van der Waals surface area (Å²) >= 11 is 0. The van der Waals surface area contributed by atoms with Crippen LogP contribution in [0.1, 0.15) is 12.5 Å². The standard InChI is InChI=1S/C24H26N10O/c1-18(35)29-20-6-4-7-21(15-20)30-23-25-17-26-24(31-23)33-13-11-32(12-14-33)22-8-3-2-5-19(22)16-34-27-9-10-28-34/h2-10,15,17H,11-14,16H2,1H3,(H,29,35)(H,25,26,30,31). The van der Waals surface area contributed by atoms with E-state index in [1.54, 1.807) is 17.2 Å². The molecule has 11 nitrogen and oxygen atoms in total. The number of hydrogen-bond donors (Lipinski definition) is 2. The second kappa shape index (κ2) is 10.2. The Kier molecular flexibility index (Phi) is 6.46. The minimum absolute atomic E-state index is 0.121. The van der Waals surface area contributed by atoms with Crippen LogP contribution in [0, 0.1) is 0 Å². The highest BCUT2D eigenvalue weighted by molar-refractivity contribution is 5.89. The van der Waals surface area contributed by atoms with Gasteiger partial charge < -0.3 is 20.4 Å². The molecule has 0 spiro atoms. The molecule has 1 saturated heterocycles. The Labute approximate surface area is 202 Å². The summed E-state index contributed by atoms with van der Waals surface area (Å²) in [4.78, 5) is 30.8. The van der Waals surface area contributed by atoms with Crippen LogP contribution in [-0.4, -0.2) is 62.0 Å². The van der Waals surface area contributed by atoms with E-state index >= 15 is 0 Å². The summed E-state index contributed by atoms with van der Waals surface area (Å²) in [6.45, 7) is 5.38. The van der Waals surface area contributed by atoms with Crippen molar-refractivity contribution in [1.82, 2.24) is 29.9 Å². The number of nitrogens with zero attached hydrogens (tertiary/aromatic N) is 8. The molecular formula is C24H26N10O. The van der Waals surface area contributed by atoms with Crippen LogP contribution in [0.3, 0.4) is 0 Å². The molecule has 0 unspecified atom stereocenters. The molecule has 1 amide bonds. The van der Waals surface area contributed by atoms with Crippen molar-refractivity contribution in [2.24, 2.45) is 0 Å². The Morgan fingerprint density at radius 1 is 0.914 bits per heavy atom. The number of nitrogens with one attached hydrogen (secondary N) is 2. The molecule has 3 heterocycles. The topological polar surface area (TPSA) is 117 Å². The summed E-state index contributed by atoms with van der Waals surface area (Å²) in [5.74, 6) is 0.966. The van der Waals surface area contributed by atoms with E-state index in [1.807, 2.05) is 30.3 Å². The van der Waals surface area contributed by atoms with Crippen LogP contribution in [0.5, 0.6) is 0 Å². The summed E-state index contributed by atoms with van der Waals surface area (Å²) in [7, 11) is 0. The number of rotatable bonds is 7. The molecule has 5 rings (SSSR count). The molecule has 1 aliphatic heterocycles. The van der Waals surface area contributed by atoms with Crippen LogP contribution in [0.15, 0.2) is 67.3 Å². The summed E-state index contributed by atoms with van der Waals surface area (Å²) < 4.78 is 0. The monoisotopic (exact) mass is 470 g/mol. The molecule has 1 fully saturated rings. The van der Waals surface area contributed by atoms with Gasteiger partial charge in [0.2, 0.25) is 17.8 Å². The van der Waals surface area contributed by atoms with E-state index in [-0.39, 0.29) is 5.91 Å². The van der Waals surface area contributed by atoms with Crippen LogP contribution in [0.2, 0.25) is 0 Å². The predicted molar refractivity (Wildman–Crippen MR) is 134 cm³/mol. The van der Waals surface area contributed by atoms with Crippen LogP contribution in [0.25, 0.3) is 0 Å². The molecule has 2 aromatic carbocycles. The molecule has 0 aliphatic carbocycles. The van der Waals surface area contributed by atoms with E-state index in [0.717, 1.165) is 31.9 Å². The van der Waals surface area contributed by atoms with Crippen LogP contribution in [-0.2, 0) is 11.3 Å². The molecule has 0 bridgehead atoms. The Hall–Kier alpha value is -4.54. The number of amides is 1. The number of piperazine rings is 1. The largest absolute Gasteiger partial charge is 0.368 e. The Morgan fingerprint density at radius 3 is 2.46 bits per heavy atom. The molecular weight excluding hydrogens is 444 g/mol. The maximum absolute atomic E-state index is 11.3. The van der Waals surface area contributed by atoms with E-state index < -0.39 is 0 Å². The van der Waals surface area contributed by atoms with Gasteiger partial charge in [-0.2, -0.15) is 20.0 Å². The average Bonchev–Trinajstić information content (AvgIpc) is 3.38. The third-order valence-corrected chi connectivity index (χ3v) is 5.67. The van der Waals surface area contributed by atoms with E-state index in [0.29, 0.717) is 24.1 Å². The molecule has 2 aromatic heterocycles. The van der Waals surface area contributed by atoms with Gasteiger partial charge in [-0.3, -0.25) is 4.79 Å². The minimum atomic E-state index is -0.121. The summed E-state index contributed by atoms with van der Waals surface area (Å²) in [5.41, 5.74) is 3.87. The number of carbonyl (C=O) groups excluding carboxylic acids is 1. The zero-order valence-electron chi connectivity index (χ0n) is 19.4. The predicted octanol–water partition coefficient (Wildman–Crippen LogP) is 2.54. The van der Waals surface area contributed by atoms with Gasteiger partial charge in [0.15, 0.2) is 0 Å². The first kappa shape index (κ1) is 22.3. The molecule has 0 radical (unpaired) electrons. The lowest BCUT2D eigenvalue weighted by molar-refractivity contribution is -0.114. The van der Waals surface area contributed by atoms with Gasteiger partial charge in [-0.05, 0) is 29.8 Å². The highest BCUT2D eigenvalue weighted by Gasteiger charge is 2.21. The van der Waals surface area contributed by atoms with Crippen molar-refractivity contribution in [3.05, 3.63) is 72.8 Å². The van der Waals surface area contributed by atoms with E-state index in [2.05, 4.69) is 63.8 Å². The maximum Gasteiger partial charge on any atom is 0.231 e. The second-order valence-corrected chi connectivity index (χ2v) is 8.16. The van der Waals surface area contributed by atoms with Gasteiger partial charge in [-0.25, -0.2) is 9.97 Å². The SMILES string of the molecule is CC(=O)Nc1cccc(Nc2ncnc(N3CCN(c4ccccc4Cn4nccn4)CC3)n2)c1. The van der Waals surface area contributed by atoms with E-state index in [9.17, 15) is 4.79 Å². The normalized spacial score (nSPS) is 13.5. The lowest BCUT2D eigenvalue weighted by atomic mass is 10.1. The van der Waals surface area contributed by atoms with Crippen LogP contribution < -0.4 is 20.4 Å². The molecule has 11 heteroatoms. The van der Waals surface area contributed by atoms with Crippen LogP contribution in [0.4, 0.5) is 29.0 Å². The molecule has 0 atom stereocenters. The minimum Gasteiger partial charge on any atom is -0.368 e. The number of hydrogen-bond acceptors (Lipinski definition) is 9. The molecule has 2 N–H and O–H groups in total. The van der Waals surface area contributed by atoms with Crippen LogP contribution >= 0.6 is 0 Å². The molecule has 178 valence electrons. The van der Waals surface area contributed by atoms with Gasteiger partial charge >= 0.3 is 0 Å². The molecule has 1 aliphatic rings. The third kappa shape index (κ3) is 5.52. The summed E-state index contributed by atoms with van der Waals surface area (Å²) in [5, 5.41) is 14.4. The zero-order chi connectivity index (χ0) is 24.0. The number of benzene rings is 2. The Bertz CT molecular complexity index is 1280. The van der Waals surface area contributed by atoms with E-state index in [4.69, 9.17) is 0 Å². The first-order valence-electron chi connectivity index (χ1n) is 11.4. The average molecular weight is 471 g/mol. The first-order chi connectivity index (χ1) is 17.1. The second-order valence-electron chi connectivity index (χ2n) is 8.16. The number of para-hydroxylation sites is 1. The van der Waals surface area contributed by atoms with Crippen molar-refractivity contribution in [1.29, 1.82) is 0 Å². The smallest absolute Gasteiger partial charge is 0.231 e. The van der Waals surface area contributed by atoms with E-state index in [1.165, 1.54) is 24.5 Å². The number of carbonyl (C=O) groups is 1. The van der Waals surface area contributed by atoms with Gasteiger partial charge in [0.1, 0.15) is 6.33 Å². The highest BCUT2D eigenvalue weighted by Crippen LogP contribution is 2.24. The quantitative estimate of drug-likeness (QED) is 0.420. The fourth-order valence-electron chi connectivity index (χ4n) is 4.09. The molecule has 4 aromatic rings. The van der Waals surface area contributed by atoms with Crippen molar-refractivity contribution in [2.75, 3.05) is 46.6 Å². The fourth-order valence-corrected chi connectivity index (χ4v) is 4.09. The van der Waals surface area contributed by atoms with Gasteiger partial charge in [-0.1, -0.05) is 24.3 Å². The summed E-state index contributed by atoms with van der Waals surface area (Å²) in [6, 6.07) is 15.8. The molecule has 0 saturated carbocycles. The third-order valence-electron chi connectivity index (χ3n) is 5.67. The number of aromatic nitrogens is 6. The zero-order valence-corrected chi connectivity index (χ0v) is 19.4. The Morgan fingerprint density at radius 2 is 1.66 bits per heavy atom. The lowest BCUT2D eigenvalue weighted by Crippen LogP contribution is -2.47. The first-order valence-corrected chi connectivity index (χ1v) is 11.4. The van der Waals surface area contributed by atoms with Crippen molar-refractivity contribution >= 4 is 34.9 Å². The highest BCUT2D eigenvalue weighted by atomic mass is 16.1. The Balaban J connectivity index is 1.24. The van der Waals surface area contributed by atoms with Crippen molar-refractivity contribution < 1.29 is 4.79 Å². The van der Waals surface area contributed by atoms with Gasteiger partial charge in [-0.15, -0.1) is 0 Å². The summed E-state index contributed by atoms with van der Waals surface area (Å²) in [6.07, 6.45) is 4.90. The molecule has 35 heavy (non-hydrogen) atoms. The van der Waals surface area contributed by atoms with Crippen molar-refractivity contribution in [3.63, 3.8) is 0 Å².